The largest absolute Gasteiger partial charge is 0.331 e. The fourth-order valence-corrected chi connectivity index (χ4v) is 3.52. The molecule has 3 aromatic rings. The number of benzene rings is 1. The molecule has 0 aliphatic heterocycles. The number of anilines is 2. The van der Waals surface area contributed by atoms with Gasteiger partial charge in [-0.05, 0) is 41.2 Å². The summed E-state index contributed by atoms with van der Waals surface area (Å²) in [7, 11) is 0. The average molecular weight is 359 g/mol. The summed E-state index contributed by atoms with van der Waals surface area (Å²) >= 11 is 6.66. The fraction of sp³-hybridized carbons (Fsp3) is 0.188. The van der Waals surface area contributed by atoms with E-state index in [1.807, 2.05) is 35.7 Å². The van der Waals surface area contributed by atoms with Crippen LogP contribution in [0, 0.1) is 0 Å². The molecular formula is C16H17N5OS2. The van der Waals surface area contributed by atoms with Crippen molar-refractivity contribution in [3.63, 3.8) is 0 Å². The van der Waals surface area contributed by atoms with Crippen LogP contribution < -0.4 is 21.7 Å². The van der Waals surface area contributed by atoms with Gasteiger partial charge in [0.05, 0.1) is 5.39 Å². The van der Waals surface area contributed by atoms with Crippen LogP contribution in [0.4, 0.5) is 11.6 Å². The number of para-hydroxylation sites is 1. The normalized spacial score (nSPS) is 10.8. The van der Waals surface area contributed by atoms with Gasteiger partial charge >= 0.3 is 0 Å². The Morgan fingerprint density at radius 1 is 1.29 bits per heavy atom. The first-order chi connectivity index (χ1) is 11.5. The number of aromatic nitrogens is 2. The van der Waals surface area contributed by atoms with Crippen molar-refractivity contribution in [3.05, 3.63) is 51.6 Å². The number of hydrogen-bond acceptors (Lipinski definition) is 5. The number of fused-ring (bicyclic) bond motifs is 1. The molecule has 0 amide bonds. The lowest BCUT2D eigenvalue weighted by Crippen LogP contribution is -2.34. The molecule has 24 heavy (non-hydrogen) atoms. The van der Waals surface area contributed by atoms with Crippen LogP contribution in [0.25, 0.3) is 10.2 Å². The molecule has 4 N–H and O–H groups in total. The monoisotopic (exact) mass is 359 g/mol. The summed E-state index contributed by atoms with van der Waals surface area (Å²) in [6.45, 7) is 4.12. The van der Waals surface area contributed by atoms with Gasteiger partial charge in [0.1, 0.15) is 4.83 Å². The summed E-state index contributed by atoms with van der Waals surface area (Å²) < 4.78 is 0. The zero-order valence-electron chi connectivity index (χ0n) is 13.2. The molecule has 0 radical (unpaired) electrons. The van der Waals surface area contributed by atoms with Crippen molar-refractivity contribution >= 4 is 50.5 Å². The van der Waals surface area contributed by atoms with Gasteiger partial charge in [-0.15, -0.1) is 11.3 Å². The zero-order chi connectivity index (χ0) is 17.1. The summed E-state index contributed by atoms with van der Waals surface area (Å²) in [5, 5.41) is 6.04. The standard InChI is InChI=1S/C16H17N5OS2/c1-9(2)11-8-24-14-12(11)13(22)18-15(19-14)20-21-16(23)17-10-6-4-3-5-7-10/h3-9H,1-2H3,(H2,17,21,23)(H2,18,19,20,22). The summed E-state index contributed by atoms with van der Waals surface area (Å²) in [5.41, 5.74) is 7.36. The summed E-state index contributed by atoms with van der Waals surface area (Å²) in [6.07, 6.45) is 0. The maximum absolute atomic E-state index is 12.3. The van der Waals surface area contributed by atoms with Crippen LogP contribution in [0.1, 0.15) is 25.3 Å². The predicted octanol–water partition coefficient (Wildman–Crippen LogP) is 3.42. The first-order valence-corrected chi connectivity index (χ1v) is 8.73. The topological polar surface area (TPSA) is 81.8 Å². The van der Waals surface area contributed by atoms with Gasteiger partial charge in [-0.3, -0.25) is 20.6 Å². The molecule has 0 spiro atoms. The molecule has 0 fully saturated rings. The Morgan fingerprint density at radius 3 is 2.75 bits per heavy atom. The lowest BCUT2D eigenvalue weighted by Gasteiger charge is -2.11. The number of aromatic amines is 1. The van der Waals surface area contributed by atoms with Gasteiger partial charge in [0.2, 0.25) is 5.95 Å². The molecule has 0 atom stereocenters. The Bertz CT molecular complexity index is 917. The second-order valence-corrected chi connectivity index (χ2v) is 6.78. The molecule has 0 saturated heterocycles. The van der Waals surface area contributed by atoms with Gasteiger partial charge in [-0.2, -0.15) is 0 Å². The molecule has 0 aliphatic rings. The highest BCUT2D eigenvalue weighted by atomic mass is 32.1. The summed E-state index contributed by atoms with van der Waals surface area (Å²) in [4.78, 5) is 20.2. The third-order valence-electron chi connectivity index (χ3n) is 3.42. The third kappa shape index (κ3) is 3.55. The van der Waals surface area contributed by atoms with Crippen molar-refractivity contribution in [2.75, 3.05) is 10.7 Å². The van der Waals surface area contributed by atoms with Crippen LogP contribution in [0.2, 0.25) is 0 Å². The zero-order valence-corrected chi connectivity index (χ0v) is 14.8. The first-order valence-electron chi connectivity index (χ1n) is 7.44. The van der Waals surface area contributed by atoms with Gasteiger partial charge in [0.15, 0.2) is 5.11 Å². The van der Waals surface area contributed by atoms with E-state index < -0.39 is 0 Å². The molecule has 0 saturated carbocycles. The highest BCUT2D eigenvalue weighted by molar-refractivity contribution is 7.80. The molecule has 8 heteroatoms. The van der Waals surface area contributed by atoms with E-state index in [1.165, 1.54) is 11.3 Å². The van der Waals surface area contributed by atoms with Crippen LogP contribution in [0.15, 0.2) is 40.5 Å². The van der Waals surface area contributed by atoms with Crippen molar-refractivity contribution in [2.45, 2.75) is 19.8 Å². The van der Waals surface area contributed by atoms with Crippen molar-refractivity contribution in [2.24, 2.45) is 0 Å². The minimum Gasteiger partial charge on any atom is -0.331 e. The fourth-order valence-electron chi connectivity index (χ4n) is 2.25. The van der Waals surface area contributed by atoms with Crippen molar-refractivity contribution in [1.29, 1.82) is 0 Å². The Labute approximate surface area is 148 Å². The van der Waals surface area contributed by atoms with Crippen LogP contribution in [0.3, 0.4) is 0 Å². The predicted molar refractivity (Wildman–Crippen MR) is 104 cm³/mol. The van der Waals surface area contributed by atoms with Crippen LogP contribution >= 0.6 is 23.6 Å². The Morgan fingerprint density at radius 2 is 2.04 bits per heavy atom. The van der Waals surface area contributed by atoms with Gasteiger partial charge in [-0.25, -0.2) is 4.98 Å². The maximum Gasteiger partial charge on any atom is 0.261 e. The average Bonchev–Trinajstić information content (AvgIpc) is 2.99. The number of rotatable bonds is 4. The van der Waals surface area contributed by atoms with E-state index in [-0.39, 0.29) is 11.5 Å². The second kappa shape index (κ2) is 6.98. The van der Waals surface area contributed by atoms with Crippen LogP contribution in [0.5, 0.6) is 0 Å². The van der Waals surface area contributed by atoms with E-state index >= 15 is 0 Å². The quantitative estimate of drug-likeness (QED) is 0.422. The first kappa shape index (κ1) is 16.4. The molecule has 0 unspecified atom stereocenters. The summed E-state index contributed by atoms with van der Waals surface area (Å²) in [5.74, 6) is 0.600. The third-order valence-corrected chi connectivity index (χ3v) is 4.52. The van der Waals surface area contributed by atoms with Crippen LogP contribution in [-0.2, 0) is 0 Å². The SMILES string of the molecule is CC(C)c1csc2nc(NNC(=S)Nc3ccccc3)[nH]c(=O)c12. The van der Waals surface area contributed by atoms with E-state index in [0.717, 1.165) is 11.3 Å². The highest BCUT2D eigenvalue weighted by Gasteiger charge is 2.13. The maximum atomic E-state index is 12.3. The Kier molecular flexibility index (Phi) is 4.77. The molecule has 124 valence electrons. The van der Waals surface area contributed by atoms with Crippen molar-refractivity contribution in [3.8, 4) is 0 Å². The number of thiocarbonyl (C=S) groups is 1. The van der Waals surface area contributed by atoms with Crippen molar-refractivity contribution in [1.82, 2.24) is 15.4 Å². The molecule has 1 aromatic carbocycles. The smallest absolute Gasteiger partial charge is 0.261 e. The molecule has 2 heterocycles. The lowest BCUT2D eigenvalue weighted by atomic mass is 10.0. The molecular weight excluding hydrogens is 342 g/mol. The number of hydrazine groups is 1. The molecule has 3 rings (SSSR count). The molecule has 2 aromatic heterocycles. The van der Waals surface area contributed by atoms with E-state index in [1.54, 1.807) is 0 Å². The van der Waals surface area contributed by atoms with Gasteiger partial charge < -0.3 is 5.32 Å². The molecule has 0 bridgehead atoms. The van der Waals surface area contributed by atoms with E-state index in [9.17, 15) is 4.79 Å². The Hall–Kier alpha value is -2.45. The van der Waals surface area contributed by atoms with Gasteiger partial charge in [-0.1, -0.05) is 32.0 Å². The number of hydrogen-bond donors (Lipinski definition) is 4. The van der Waals surface area contributed by atoms with E-state index in [0.29, 0.717) is 21.3 Å². The van der Waals surface area contributed by atoms with Crippen LogP contribution in [-0.4, -0.2) is 15.1 Å². The Balaban J connectivity index is 1.72. The van der Waals surface area contributed by atoms with E-state index in [4.69, 9.17) is 12.2 Å². The lowest BCUT2D eigenvalue weighted by molar-refractivity contribution is 0.878. The second-order valence-electron chi connectivity index (χ2n) is 5.51. The minimum absolute atomic E-state index is 0.156. The van der Waals surface area contributed by atoms with Gasteiger partial charge in [0, 0.05) is 5.69 Å². The molecule has 0 aliphatic carbocycles. The highest BCUT2D eigenvalue weighted by Crippen LogP contribution is 2.27. The number of H-pyrrole nitrogens is 1. The number of nitrogens with one attached hydrogen (secondary N) is 4. The molecule has 6 nitrogen and oxygen atoms in total. The minimum atomic E-state index is -0.156. The van der Waals surface area contributed by atoms with E-state index in [2.05, 4.69) is 40.0 Å². The van der Waals surface area contributed by atoms with Crippen molar-refractivity contribution < 1.29 is 0 Å². The number of nitrogens with zero attached hydrogens (tertiary/aromatic N) is 1. The number of thiophene rings is 1. The van der Waals surface area contributed by atoms with Gasteiger partial charge in [0.25, 0.3) is 5.56 Å². The summed E-state index contributed by atoms with van der Waals surface area (Å²) in [6, 6.07) is 9.55.